The van der Waals surface area contributed by atoms with Gasteiger partial charge in [0.2, 0.25) is 9.84 Å². The molecule has 0 bridgehead atoms. The highest BCUT2D eigenvalue weighted by Gasteiger charge is 2.28. The monoisotopic (exact) mass is 208 g/mol. The van der Waals surface area contributed by atoms with Crippen molar-refractivity contribution in [3.05, 3.63) is 34.7 Å². The van der Waals surface area contributed by atoms with E-state index in [-0.39, 0.29) is 16.2 Å². The molecular weight excluding hydrogens is 200 g/mol. The van der Waals surface area contributed by atoms with Gasteiger partial charge >= 0.3 is 0 Å². The first-order valence-corrected chi connectivity index (χ1v) is 5.71. The van der Waals surface area contributed by atoms with Gasteiger partial charge in [0.05, 0.1) is 4.90 Å². The summed E-state index contributed by atoms with van der Waals surface area (Å²) in [6, 6.07) is 6.75. The highest BCUT2D eigenvalue weighted by molar-refractivity contribution is 7.95. The van der Waals surface area contributed by atoms with Crippen LogP contribution in [0, 0.1) is 0 Å². The van der Waals surface area contributed by atoms with Crippen LogP contribution in [0.15, 0.2) is 34.1 Å². The Balaban J connectivity index is 2.76. The second kappa shape index (κ2) is 3.08. The van der Waals surface area contributed by atoms with Crippen molar-refractivity contribution < 1.29 is 13.2 Å². The van der Waals surface area contributed by atoms with Crippen LogP contribution in [0.1, 0.15) is 12.0 Å². The average Bonchev–Trinajstić information content (AvgIpc) is 2.18. The Morgan fingerprint density at radius 2 is 1.86 bits per heavy atom. The van der Waals surface area contributed by atoms with Crippen molar-refractivity contribution in [2.45, 2.75) is 17.7 Å². The third kappa shape index (κ3) is 1.20. The number of benzene rings is 1. The van der Waals surface area contributed by atoms with Crippen LogP contribution in [0.3, 0.4) is 0 Å². The number of carbonyl (C=O) groups excluding carboxylic acids is 1. The molecule has 4 heteroatoms. The third-order valence-corrected chi connectivity index (χ3v) is 4.24. The summed E-state index contributed by atoms with van der Waals surface area (Å²) >= 11 is 0. The largest absolute Gasteiger partial charge is 0.232 e. The summed E-state index contributed by atoms with van der Waals surface area (Å²) in [5.41, 5.74) is 0.784. The quantitative estimate of drug-likeness (QED) is 0.600. The molecule has 2 rings (SSSR count). The third-order valence-electron chi connectivity index (χ3n) is 2.32. The van der Waals surface area contributed by atoms with Crippen molar-refractivity contribution in [2.75, 3.05) is 0 Å². The number of allylic oxidation sites excluding steroid dienone is 1. The van der Waals surface area contributed by atoms with E-state index >= 15 is 0 Å². The SMILES string of the molecule is O=C=C1CCc2ccccc2S1(=O)=O. The molecule has 1 heterocycles. The maximum atomic E-state index is 11.7. The normalized spacial score (nSPS) is 18.4. The lowest BCUT2D eigenvalue weighted by atomic mass is 10.1. The van der Waals surface area contributed by atoms with Crippen LogP contribution < -0.4 is 0 Å². The molecule has 0 radical (unpaired) electrons. The van der Waals surface area contributed by atoms with Gasteiger partial charge in [0, 0.05) is 0 Å². The van der Waals surface area contributed by atoms with E-state index in [4.69, 9.17) is 0 Å². The number of sulfone groups is 1. The Morgan fingerprint density at radius 3 is 2.57 bits per heavy atom. The molecule has 0 N–H and O–H groups in total. The van der Waals surface area contributed by atoms with E-state index in [1.165, 1.54) is 12.0 Å². The molecule has 0 atom stereocenters. The van der Waals surface area contributed by atoms with E-state index in [1.807, 2.05) is 0 Å². The molecule has 72 valence electrons. The molecule has 1 aromatic carbocycles. The summed E-state index contributed by atoms with van der Waals surface area (Å²) in [6.45, 7) is 0. The summed E-state index contributed by atoms with van der Waals surface area (Å²) in [5, 5.41) is 0. The standard InChI is InChI=1S/C10H8O3S/c11-7-9-6-5-8-3-1-2-4-10(8)14(9,12)13/h1-4H,5-6H2. The Hall–Kier alpha value is -1.38. The summed E-state index contributed by atoms with van der Waals surface area (Å²) in [5.74, 6) is 1.51. The Labute approximate surface area is 82.0 Å². The van der Waals surface area contributed by atoms with Crippen LogP contribution in [-0.4, -0.2) is 14.4 Å². The highest BCUT2D eigenvalue weighted by atomic mass is 32.2. The molecule has 0 saturated heterocycles. The molecule has 14 heavy (non-hydrogen) atoms. The lowest BCUT2D eigenvalue weighted by Gasteiger charge is -2.15. The highest BCUT2D eigenvalue weighted by Crippen LogP contribution is 2.30. The predicted octanol–water partition coefficient (Wildman–Crippen LogP) is 1.12. The van der Waals surface area contributed by atoms with Gasteiger partial charge in [0.15, 0.2) is 0 Å². The molecule has 0 aromatic heterocycles. The number of fused-ring (bicyclic) bond motifs is 1. The first-order chi connectivity index (χ1) is 6.66. The maximum Gasteiger partial charge on any atom is 0.213 e. The average molecular weight is 208 g/mol. The molecule has 1 aromatic rings. The molecule has 0 spiro atoms. The van der Waals surface area contributed by atoms with E-state index in [9.17, 15) is 13.2 Å². The van der Waals surface area contributed by atoms with Crippen molar-refractivity contribution in [1.29, 1.82) is 0 Å². The van der Waals surface area contributed by atoms with Crippen LogP contribution in [0.4, 0.5) is 0 Å². The first-order valence-electron chi connectivity index (χ1n) is 4.23. The van der Waals surface area contributed by atoms with E-state index in [0.717, 1.165) is 5.56 Å². The molecule has 0 aliphatic carbocycles. The number of hydrogen-bond acceptors (Lipinski definition) is 3. The van der Waals surface area contributed by atoms with Gasteiger partial charge in [-0.15, -0.1) is 0 Å². The fourth-order valence-electron chi connectivity index (χ4n) is 1.59. The molecular formula is C10H8O3S. The summed E-state index contributed by atoms with van der Waals surface area (Å²) in [7, 11) is -3.54. The van der Waals surface area contributed by atoms with Gasteiger partial charge in [-0.05, 0) is 24.5 Å². The predicted molar refractivity (Wildman–Crippen MR) is 51.2 cm³/mol. The Bertz CT molecular complexity index is 522. The van der Waals surface area contributed by atoms with Gasteiger partial charge in [-0.25, -0.2) is 13.2 Å². The smallest absolute Gasteiger partial charge is 0.213 e. The van der Waals surface area contributed by atoms with Gasteiger partial charge in [-0.1, -0.05) is 18.2 Å². The lowest BCUT2D eigenvalue weighted by Crippen LogP contribution is -2.14. The fraction of sp³-hybridized carbons (Fsp3) is 0.200. The van der Waals surface area contributed by atoms with Gasteiger partial charge in [0.1, 0.15) is 10.8 Å². The van der Waals surface area contributed by atoms with Crippen molar-refractivity contribution in [3.63, 3.8) is 0 Å². The molecule has 0 fully saturated rings. The van der Waals surface area contributed by atoms with E-state index in [1.54, 1.807) is 18.2 Å². The Morgan fingerprint density at radius 1 is 1.14 bits per heavy atom. The Kier molecular flexibility index (Phi) is 2.02. The topological polar surface area (TPSA) is 51.2 Å². The van der Waals surface area contributed by atoms with Crippen molar-refractivity contribution >= 4 is 15.8 Å². The van der Waals surface area contributed by atoms with E-state index in [0.29, 0.717) is 6.42 Å². The first kappa shape index (κ1) is 9.19. The van der Waals surface area contributed by atoms with E-state index in [2.05, 4.69) is 0 Å². The van der Waals surface area contributed by atoms with Crippen LogP contribution in [0.2, 0.25) is 0 Å². The zero-order chi connectivity index (χ0) is 10.2. The van der Waals surface area contributed by atoms with Gasteiger partial charge in [0.25, 0.3) is 0 Å². The van der Waals surface area contributed by atoms with Gasteiger partial charge < -0.3 is 0 Å². The number of aryl methyl sites for hydroxylation is 1. The number of hydrogen-bond donors (Lipinski definition) is 0. The summed E-state index contributed by atoms with van der Waals surface area (Å²) in [4.78, 5) is 10.6. The van der Waals surface area contributed by atoms with Crippen LogP contribution in [0.5, 0.6) is 0 Å². The maximum absolute atomic E-state index is 11.7. The fourth-order valence-corrected chi connectivity index (χ4v) is 3.11. The second-order valence-corrected chi connectivity index (χ2v) is 5.08. The van der Waals surface area contributed by atoms with Gasteiger partial charge in [-0.3, -0.25) is 0 Å². The molecule has 1 aliphatic heterocycles. The number of rotatable bonds is 0. The van der Waals surface area contributed by atoms with Crippen molar-refractivity contribution in [3.8, 4) is 0 Å². The minimum atomic E-state index is -3.54. The van der Waals surface area contributed by atoms with Gasteiger partial charge in [-0.2, -0.15) is 0 Å². The zero-order valence-corrected chi connectivity index (χ0v) is 8.17. The summed E-state index contributed by atoms with van der Waals surface area (Å²) < 4.78 is 23.5. The second-order valence-electron chi connectivity index (χ2n) is 3.14. The molecule has 0 unspecified atom stereocenters. The minimum absolute atomic E-state index is 0.129. The minimum Gasteiger partial charge on any atom is -0.232 e. The summed E-state index contributed by atoms with van der Waals surface area (Å²) in [6.07, 6.45) is 0.864. The molecule has 1 aliphatic rings. The van der Waals surface area contributed by atoms with Crippen LogP contribution in [0.25, 0.3) is 0 Å². The van der Waals surface area contributed by atoms with E-state index < -0.39 is 9.84 Å². The molecule has 0 saturated carbocycles. The van der Waals surface area contributed by atoms with Crippen LogP contribution >= 0.6 is 0 Å². The lowest BCUT2D eigenvalue weighted by molar-refractivity contribution is 0.564. The van der Waals surface area contributed by atoms with Crippen molar-refractivity contribution in [2.24, 2.45) is 0 Å². The molecule has 0 amide bonds. The zero-order valence-electron chi connectivity index (χ0n) is 7.36. The molecule has 3 nitrogen and oxygen atoms in total. The van der Waals surface area contributed by atoms with Crippen LogP contribution in [-0.2, 0) is 21.1 Å². The van der Waals surface area contributed by atoms with Crippen molar-refractivity contribution in [1.82, 2.24) is 0 Å².